The average Bonchev–Trinajstić information content (AvgIpc) is 2.58. The Balaban J connectivity index is 2.79. The second kappa shape index (κ2) is 6.29. The lowest BCUT2D eigenvalue weighted by Gasteiger charge is -2.38. The number of hydrogen-bond acceptors (Lipinski definition) is 4. The summed E-state index contributed by atoms with van der Waals surface area (Å²) in [5.41, 5.74) is 0. The highest BCUT2D eigenvalue weighted by molar-refractivity contribution is 7.32. The molecule has 0 amide bonds. The molecule has 19 heavy (non-hydrogen) atoms. The third-order valence-corrected chi connectivity index (χ3v) is 9.00. The number of hydrogen-bond donors (Lipinski definition) is 1. The Morgan fingerprint density at radius 2 is 2.00 bits per heavy atom. The average molecular weight is 309 g/mol. The minimum absolute atomic E-state index is 0.0866. The summed E-state index contributed by atoms with van der Waals surface area (Å²) in [6.07, 6.45) is -0.129. The maximum absolute atomic E-state index is 11.0. The molecule has 0 bridgehead atoms. The van der Waals surface area contributed by atoms with E-state index < -0.39 is 22.7 Å². The first kappa shape index (κ1) is 17.2. The van der Waals surface area contributed by atoms with E-state index in [1.54, 1.807) is 0 Å². The Kier molecular flexibility index (Phi) is 5.69. The first-order valence-electron chi connectivity index (χ1n) is 6.71. The van der Waals surface area contributed by atoms with Gasteiger partial charge in [0.25, 0.3) is 0 Å². The fraction of sp³-hybridized carbons (Fsp3) is 1.00. The molecule has 7 heteroatoms. The van der Waals surface area contributed by atoms with E-state index in [-0.39, 0.29) is 17.2 Å². The monoisotopic (exact) mass is 309 g/mol. The first-order chi connectivity index (χ1) is 8.58. The summed E-state index contributed by atoms with van der Waals surface area (Å²) < 4.78 is 28.0. The van der Waals surface area contributed by atoms with Crippen molar-refractivity contribution in [1.29, 1.82) is 0 Å². The van der Waals surface area contributed by atoms with Crippen LogP contribution in [0, 0.1) is 0 Å². The van der Waals surface area contributed by atoms with Crippen molar-refractivity contribution in [2.45, 2.75) is 70.6 Å². The lowest BCUT2D eigenvalue weighted by atomic mass is 10.1. The Bertz CT molecular complexity index is 329. The van der Waals surface area contributed by atoms with E-state index in [1.807, 2.05) is 6.92 Å². The molecule has 1 heterocycles. The van der Waals surface area contributed by atoms with E-state index >= 15 is 0 Å². The van der Waals surface area contributed by atoms with Gasteiger partial charge in [-0.05, 0) is 24.6 Å². The SMILES string of the molecule is CC[C@H]1OC[C@@H](O[Si](C)(C)C(C)(C)C)C1O[P+](=O)O. The van der Waals surface area contributed by atoms with Gasteiger partial charge in [0.2, 0.25) is 0 Å². The van der Waals surface area contributed by atoms with Crippen molar-refractivity contribution in [2.75, 3.05) is 6.61 Å². The quantitative estimate of drug-likeness (QED) is 0.624. The lowest BCUT2D eigenvalue weighted by Crippen LogP contribution is -2.47. The molecular weight excluding hydrogens is 283 g/mol. The van der Waals surface area contributed by atoms with E-state index in [9.17, 15) is 4.57 Å². The van der Waals surface area contributed by atoms with Crippen molar-refractivity contribution in [3.8, 4) is 0 Å². The van der Waals surface area contributed by atoms with E-state index in [0.717, 1.165) is 6.42 Å². The van der Waals surface area contributed by atoms with Crippen LogP contribution in [-0.2, 0) is 18.3 Å². The van der Waals surface area contributed by atoms with Crippen molar-refractivity contribution in [3.63, 3.8) is 0 Å². The summed E-state index contributed by atoms with van der Waals surface area (Å²) >= 11 is 0. The maximum atomic E-state index is 11.0. The van der Waals surface area contributed by atoms with Gasteiger partial charge in [0, 0.05) is 4.57 Å². The molecule has 112 valence electrons. The zero-order valence-electron chi connectivity index (χ0n) is 12.7. The van der Waals surface area contributed by atoms with Crippen molar-refractivity contribution in [2.24, 2.45) is 0 Å². The molecule has 0 aromatic rings. The molecule has 0 aromatic heterocycles. The molecule has 5 nitrogen and oxygen atoms in total. The zero-order chi connectivity index (χ0) is 14.8. The van der Waals surface area contributed by atoms with Crippen LogP contribution in [0.5, 0.6) is 0 Å². The summed E-state index contributed by atoms with van der Waals surface area (Å²) in [5, 5.41) is 0.0866. The van der Waals surface area contributed by atoms with E-state index in [0.29, 0.717) is 6.61 Å². The van der Waals surface area contributed by atoms with Crippen molar-refractivity contribution in [3.05, 3.63) is 0 Å². The molecular formula is C12H26O5PSi+. The fourth-order valence-electron chi connectivity index (χ4n) is 1.89. The van der Waals surface area contributed by atoms with Crippen LogP contribution in [0.4, 0.5) is 0 Å². The van der Waals surface area contributed by atoms with Gasteiger partial charge in [-0.25, -0.2) is 0 Å². The lowest BCUT2D eigenvalue weighted by molar-refractivity contribution is 0.0393. The van der Waals surface area contributed by atoms with Crippen molar-refractivity contribution < 1.29 is 23.1 Å². The van der Waals surface area contributed by atoms with Crippen LogP contribution in [-0.4, -0.2) is 38.1 Å². The van der Waals surface area contributed by atoms with E-state index in [4.69, 9.17) is 18.6 Å². The van der Waals surface area contributed by atoms with Crippen LogP contribution in [0.1, 0.15) is 34.1 Å². The summed E-state index contributed by atoms with van der Waals surface area (Å²) in [4.78, 5) is 8.99. The van der Waals surface area contributed by atoms with Gasteiger partial charge in [0.1, 0.15) is 6.10 Å². The van der Waals surface area contributed by atoms with Crippen molar-refractivity contribution >= 4 is 16.6 Å². The molecule has 0 aromatic carbocycles. The molecule has 2 unspecified atom stereocenters. The zero-order valence-corrected chi connectivity index (χ0v) is 14.6. The Hall–Kier alpha value is 0.157. The fourth-order valence-corrected chi connectivity index (χ4v) is 3.69. The summed E-state index contributed by atoms with van der Waals surface area (Å²) in [5.74, 6) is 0. The molecule has 1 aliphatic heterocycles. The molecule has 0 saturated carbocycles. The van der Waals surface area contributed by atoms with Gasteiger partial charge in [-0.1, -0.05) is 27.7 Å². The van der Waals surface area contributed by atoms with Crippen LogP contribution < -0.4 is 0 Å². The molecule has 0 spiro atoms. The smallest absolute Gasteiger partial charge is 0.409 e. The molecule has 1 fully saturated rings. The van der Waals surface area contributed by atoms with E-state index in [2.05, 4.69) is 33.9 Å². The standard InChI is InChI=1S/C12H25O5PSi/c1-7-9-11(16-18(13)14)10(8-15-9)17-19(5,6)12(2,3)4/h9-11H,7-8H2,1-6H3/p+1/t9-,10-,11?/m1/s1. The summed E-state index contributed by atoms with van der Waals surface area (Å²) in [6, 6.07) is 0. The Morgan fingerprint density at radius 1 is 1.42 bits per heavy atom. The van der Waals surface area contributed by atoms with Gasteiger partial charge in [0.15, 0.2) is 14.4 Å². The highest BCUT2D eigenvalue weighted by Gasteiger charge is 2.48. The Morgan fingerprint density at radius 3 is 2.42 bits per heavy atom. The molecule has 1 saturated heterocycles. The molecule has 0 aliphatic carbocycles. The summed E-state index contributed by atoms with van der Waals surface area (Å²) in [6.45, 7) is 13.2. The topological polar surface area (TPSA) is 65.0 Å². The van der Waals surface area contributed by atoms with Gasteiger partial charge < -0.3 is 9.16 Å². The largest absolute Gasteiger partial charge is 0.695 e. The van der Waals surface area contributed by atoms with Crippen LogP contribution in [0.25, 0.3) is 0 Å². The van der Waals surface area contributed by atoms with Gasteiger partial charge in [-0.3, -0.25) is 0 Å². The predicted molar refractivity (Wildman–Crippen MR) is 76.8 cm³/mol. The second-order valence-electron chi connectivity index (χ2n) is 6.50. The van der Waals surface area contributed by atoms with Gasteiger partial charge in [-0.15, -0.1) is 9.42 Å². The maximum Gasteiger partial charge on any atom is 0.695 e. The molecule has 1 rings (SSSR count). The minimum Gasteiger partial charge on any atom is -0.409 e. The number of ether oxygens (including phenoxy) is 1. The predicted octanol–water partition coefficient (Wildman–Crippen LogP) is 3.22. The summed E-state index contributed by atoms with van der Waals surface area (Å²) in [7, 11) is -4.58. The molecule has 4 atom stereocenters. The van der Waals surface area contributed by atoms with Gasteiger partial charge in [0.05, 0.1) is 12.7 Å². The highest BCUT2D eigenvalue weighted by atomic mass is 31.1. The highest BCUT2D eigenvalue weighted by Crippen LogP contribution is 2.40. The van der Waals surface area contributed by atoms with Gasteiger partial charge in [-0.2, -0.15) is 0 Å². The van der Waals surface area contributed by atoms with Gasteiger partial charge >= 0.3 is 8.25 Å². The first-order valence-corrected chi connectivity index (χ1v) is 10.7. The van der Waals surface area contributed by atoms with Crippen LogP contribution >= 0.6 is 8.25 Å². The molecule has 1 aliphatic rings. The van der Waals surface area contributed by atoms with E-state index in [1.165, 1.54) is 0 Å². The third-order valence-electron chi connectivity index (χ3n) is 4.07. The molecule has 0 radical (unpaired) electrons. The van der Waals surface area contributed by atoms with Crippen LogP contribution in [0.2, 0.25) is 18.1 Å². The normalized spacial score (nSPS) is 29.6. The van der Waals surface area contributed by atoms with Crippen LogP contribution in [0.3, 0.4) is 0 Å². The van der Waals surface area contributed by atoms with Crippen molar-refractivity contribution in [1.82, 2.24) is 0 Å². The number of rotatable bonds is 5. The molecule has 1 N–H and O–H groups in total. The third kappa shape index (κ3) is 4.31. The second-order valence-corrected chi connectivity index (χ2v) is 11.9. The van der Waals surface area contributed by atoms with Crippen LogP contribution in [0.15, 0.2) is 0 Å². The Labute approximate surface area is 117 Å². The minimum atomic E-state index is -2.63.